The highest BCUT2D eigenvalue weighted by atomic mass is 16.5. The Morgan fingerprint density at radius 3 is 2.41 bits per heavy atom. The lowest BCUT2D eigenvalue weighted by Crippen LogP contribution is -2.30. The summed E-state index contributed by atoms with van der Waals surface area (Å²) in [6.07, 6.45) is 15.4. The van der Waals surface area contributed by atoms with E-state index in [1.807, 2.05) is 0 Å². The van der Waals surface area contributed by atoms with E-state index < -0.39 is 0 Å². The summed E-state index contributed by atoms with van der Waals surface area (Å²) in [5.41, 5.74) is 6.55. The molecule has 0 amide bonds. The van der Waals surface area contributed by atoms with E-state index in [-0.39, 0.29) is 0 Å². The molecule has 100 valence electrons. The predicted molar refractivity (Wildman–Crippen MR) is 72.0 cm³/mol. The van der Waals surface area contributed by atoms with E-state index in [0.717, 1.165) is 13.2 Å². The lowest BCUT2D eigenvalue weighted by Gasteiger charge is -2.31. The van der Waals surface area contributed by atoms with E-state index in [4.69, 9.17) is 10.5 Å². The summed E-state index contributed by atoms with van der Waals surface area (Å²) in [5.74, 6) is 0. The molecular formula is C15H29NO. The van der Waals surface area contributed by atoms with Crippen molar-refractivity contribution in [2.75, 3.05) is 13.2 Å². The van der Waals surface area contributed by atoms with Crippen molar-refractivity contribution < 1.29 is 4.74 Å². The van der Waals surface area contributed by atoms with Crippen molar-refractivity contribution in [2.24, 2.45) is 11.1 Å². The zero-order valence-corrected chi connectivity index (χ0v) is 11.3. The fourth-order valence-corrected chi connectivity index (χ4v) is 3.61. The minimum Gasteiger partial charge on any atom is -0.378 e. The molecule has 0 aromatic carbocycles. The second-order valence-corrected chi connectivity index (χ2v) is 6.15. The quantitative estimate of drug-likeness (QED) is 0.743. The van der Waals surface area contributed by atoms with Gasteiger partial charge >= 0.3 is 0 Å². The summed E-state index contributed by atoms with van der Waals surface area (Å²) in [7, 11) is 0. The van der Waals surface area contributed by atoms with Crippen molar-refractivity contribution in [3.05, 3.63) is 0 Å². The highest BCUT2D eigenvalue weighted by Crippen LogP contribution is 2.38. The molecule has 0 spiro atoms. The maximum absolute atomic E-state index is 6.07. The summed E-state index contributed by atoms with van der Waals surface area (Å²) in [6.45, 7) is 1.89. The Morgan fingerprint density at radius 2 is 1.82 bits per heavy atom. The maximum atomic E-state index is 6.07. The van der Waals surface area contributed by atoms with Crippen LogP contribution in [0, 0.1) is 5.41 Å². The molecule has 2 aliphatic rings. The van der Waals surface area contributed by atoms with Crippen molar-refractivity contribution >= 4 is 0 Å². The van der Waals surface area contributed by atoms with Gasteiger partial charge in [0.2, 0.25) is 0 Å². The van der Waals surface area contributed by atoms with Crippen LogP contribution in [-0.2, 0) is 4.74 Å². The highest BCUT2D eigenvalue weighted by Gasteiger charge is 2.29. The first-order valence-corrected chi connectivity index (χ1v) is 7.66. The molecule has 1 heterocycles. The molecule has 0 radical (unpaired) electrons. The van der Waals surface area contributed by atoms with Gasteiger partial charge in [-0.1, -0.05) is 32.1 Å². The van der Waals surface area contributed by atoms with E-state index in [1.165, 1.54) is 70.6 Å². The molecule has 0 aromatic rings. The van der Waals surface area contributed by atoms with Gasteiger partial charge in [0, 0.05) is 6.61 Å². The van der Waals surface area contributed by atoms with E-state index >= 15 is 0 Å². The molecule has 2 nitrogen and oxygen atoms in total. The fraction of sp³-hybridized carbons (Fsp3) is 1.00. The third-order valence-corrected chi connectivity index (χ3v) is 4.85. The van der Waals surface area contributed by atoms with Gasteiger partial charge in [-0.2, -0.15) is 0 Å². The van der Waals surface area contributed by atoms with Crippen LogP contribution in [0.25, 0.3) is 0 Å². The minimum atomic E-state index is 0.481. The van der Waals surface area contributed by atoms with Crippen molar-refractivity contribution in [3.63, 3.8) is 0 Å². The number of rotatable bonds is 5. The van der Waals surface area contributed by atoms with Gasteiger partial charge in [-0.15, -0.1) is 0 Å². The standard InChI is InChI=1S/C15H29NO/c16-13-15(9-3-1-2-4-10-15)11-5-7-14-8-6-12-17-14/h14H,1-13,16H2. The van der Waals surface area contributed by atoms with Gasteiger partial charge in [0.15, 0.2) is 0 Å². The topological polar surface area (TPSA) is 35.2 Å². The largest absolute Gasteiger partial charge is 0.378 e. The molecule has 1 unspecified atom stereocenters. The highest BCUT2D eigenvalue weighted by molar-refractivity contribution is 4.83. The first-order valence-electron chi connectivity index (χ1n) is 7.66. The molecule has 2 rings (SSSR count). The average molecular weight is 239 g/mol. The molecule has 0 aromatic heterocycles. The monoisotopic (exact) mass is 239 g/mol. The van der Waals surface area contributed by atoms with Gasteiger partial charge in [0.1, 0.15) is 0 Å². The van der Waals surface area contributed by atoms with Crippen LogP contribution in [-0.4, -0.2) is 19.3 Å². The van der Waals surface area contributed by atoms with Crippen LogP contribution in [0.15, 0.2) is 0 Å². The van der Waals surface area contributed by atoms with E-state index in [9.17, 15) is 0 Å². The summed E-state index contributed by atoms with van der Waals surface area (Å²) in [4.78, 5) is 0. The van der Waals surface area contributed by atoms with Crippen molar-refractivity contribution in [1.29, 1.82) is 0 Å². The van der Waals surface area contributed by atoms with Gasteiger partial charge in [-0.3, -0.25) is 0 Å². The Bertz CT molecular complexity index is 203. The summed E-state index contributed by atoms with van der Waals surface area (Å²) in [6, 6.07) is 0. The molecule has 2 heteroatoms. The molecule has 1 saturated carbocycles. The zero-order valence-electron chi connectivity index (χ0n) is 11.3. The van der Waals surface area contributed by atoms with Gasteiger partial charge in [-0.25, -0.2) is 0 Å². The van der Waals surface area contributed by atoms with Crippen LogP contribution < -0.4 is 5.73 Å². The van der Waals surface area contributed by atoms with Crippen molar-refractivity contribution in [1.82, 2.24) is 0 Å². The van der Waals surface area contributed by atoms with E-state index in [1.54, 1.807) is 0 Å². The summed E-state index contributed by atoms with van der Waals surface area (Å²) >= 11 is 0. The molecule has 1 aliphatic heterocycles. The molecule has 1 atom stereocenters. The van der Waals surface area contributed by atoms with Crippen LogP contribution in [0.5, 0.6) is 0 Å². The van der Waals surface area contributed by atoms with E-state index in [2.05, 4.69) is 0 Å². The van der Waals surface area contributed by atoms with Crippen molar-refractivity contribution in [2.45, 2.75) is 76.7 Å². The number of hydrogen-bond donors (Lipinski definition) is 1. The van der Waals surface area contributed by atoms with Gasteiger partial charge in [0.05, 0.1) is 6.10 Å². The van der Waals surface area contributed by atoms with E-state index in [0.29, 0.717) is 11.5 Å². The Labute approximate surface area is 106 Å². The zero-order chi connectivity index (χ0) is 12.0. The maximum Gasteiger partial charge on any atom is 0.0576 e. The second-order valence-electron chi connectivity index (χ2n) is 6.15. The summed E-state index contributed by atoms with van der Waals surface area (Å²) in [5, 5.41) is 0. The fourth-order valence-electron chi connectivity index (χ4n) is 3.61. The molecule has 2 N–H and O–H groups in total. The van der Waals surface area contributed by atoms with Crippen LogP contribution in [0.4, 0.5) is 0 Å². The molecule has 2 fully saturated rings. The summed E-state index contributed by atoms with van der Waals surface area (Å²) < 4.78 is 5.70. The molecular weight excluding hydrogens is 210 g/mol. The number of ether oxygens (including phenoxy) is 1. The van der Waals surface area contributed by atoms with Crippen LogP contribution >= 0.6 is 0 Å². The molecule has 0 bridgehead atoms. The Balaban J connectivity index is 1.73. The van der Waals surface area contributed by atoms with Crippen LogP contribution in [0.2, 0.25) is 0 Å². The third-order valence-electron chi connectivity index (χ3n) is 4.85. The second kappa shape index (κ2) is 6.75. The predicted octanol–water partition coefficient (Wildman–Crippen LogP) is 3.64. The third kappa shape index (κ3) is 3.96. The lowest BCUT2D eigenvalue weighted by atomic mass is 9.76. The van der Waals surface area contributed by atoms with Crippen molar-refractivity contribution in [3.8, 4) is 0 Å². The lowest BCUT2D eigenvalue weighted by molar-refractivity contribution is 0.0962. The molecule has 17 heavy (non-hydrogen) atoms. The number of nitrogens with two attached hydrogens (primary N) is 1. The van der Waals surface area contributed by atoms with Crippen LogP contribution in [0.3, 0.4) is 0 Å². The van der Waals surface area contributed by atoms with Gasteiger partial charge in [0.25, 0.3) is 0 Å². The first kappa shape index (κ1) is 13.4. The Kier molecular flexibility index (Phi) is 5.30. The Morgan fingerprint density at radius 1 is 1.06 bits per heavy atom. The molecule has 1 saturated heterocycles. The normalized spacial score (nSPS) is 29.1. The van der Waals surface area contributed by atoms with Crippen LogP contribution in [0.1, 0.15) is 70.6 Å². The first-order chi connectivity index (χ1) is 8.35. The Hall–Kier alpha value is -0.0800. The average Bonchev–Trinajstić information content (AvgIpc) is 2.75. The number of hydrogen-bond acceptors (Lipinski definition) is 2. The minimum absolute atomic E-state index is 0.481. The van der Waals surface area contributed by atoms with Gasteiger partial charge in [-0.05, 0) is 50.5 Å². The van der Waals surface area contributed by atoms with Gasteiger partial charge < -0.3 is 10.5 Å². The SMILES string of the molecule is NCC1(CCCC2CCCO2)CCCCCC1. The molecule has 1 aliphatic carbocycles. The smallest absolute Gasteiger partial charge is 0.0576 e.